The lowest BCUT2D eigenvalue weighted by molar-refractivity contribution is -0.129. The SMILES string of the molecule is CC(C)CNC(=O)NC1CC(=O)N(C(C)C)C1. The number of nitrogens with one attached hydrogen (secondary N) is 2. The highest BCUT2D eigenvalue weighted by Crippen LogP contribution is 2.13. The molecule has 0 aromatic rings. The van der Waals surface area contributed by atoms with Gasteiger partial charge in [0, 0.05) is 25.6 Å². The Morgan fingerprint density at radius 1 is 1.41 bits per heavy atom. The van der Waals surface area contributed by atoms with E-state index in [0.717, 1.165) is 0 Å². The lowest BCUT2D eigenvalue weighted by atomic mass is 10.2. The molecule has 0 spiro atoms. The topological polar surface area (TPSA) is 61.4 Å². The third-order valence-electron chi connectivity index (χ3n) is 2.79. The number of rotatable bonds is 4. The molecule has 1 heterocycles. The minimum atomic E-state index is -0.179. The number of likely N-dealkylation sites (tertiary alicyclic amines) is 1. The zero-order chi connectivity index (χ0) is 13.0. The van der Waals surface area contributed by atoms with Gasteiger partial charge in [-0.25, -0.2) is 4.79 Å². The highest BCUT2D eigenvalue weighted by molar-refractivity contribution is 5.81. The fourth-order valence-corrected chi connectivity index (χ4v) is 1.86. The summed E-state index contributed by atoms with van der Waals surface area (Å²) in [7, 11) is 0. The predicted octanol–water partition coefficient (Wildman–Crippen LogP) is 0.951. The second kappa shape index (κ2) is 5.89. The molecule has 0 aliphatic carbocycles. The van der Waals surface area contributed by atoms with E-state index in [9.17, 15) is 9.59 Å². The first-order valence-electron chi connectivity index (χ1n) is 6.24. The van der Waals surface area contributed by atoms with Crippen LogP contribution in [0.3, 0.4) is 0 Å². The van der Waals surface area contributed by atoms with Gasteiger partial charge >= 0.3 is 6.03 Å². The van der Waals surface area contributed by atoms with E-state index >= 15 is 0 Å². The van der Waals surface area contributed by atoms with Crippen LogP contribution in [0.2, 0.25) is 0 Å². The van der Waals surface area contributed by atoms with Gasteiger partial charge in [-0.05, 0) is 19.8 Å². The van der Waals surface area contributed by atoms with Crippen LogP contribution in [0.25, 0.3) is 0 Å². The van der Waals surface area contributed by atoms with Crippen LogP contribution in [0.4, 0.5) is 4.79 Å². The van der Waals surface area contributed by atoms with Crippen LogP contribution in [-0.4, -0.2) is 42.0 Å². The van der Waals surface area contributed by atoms with E-state index in [2.05, 4.69) is 10.6 Å². The molecule has 5 nitrogen and oxygen atoms in total. The number of nitrogens with zero attached hydrogens (tertiary/aromatic N) is 1. The molecule has 1 rings (SSSR count). The lowest BCUT2D eigenvalue weighted by Crippen LogP contribution is -2.44. The van der Waals surface area contributed by atoms with Crippen molar-refractivity contribution >= 4 is 11.9 Å². The van der Waals surface area contributed by atoms with Gasteiger partial charge in [0.15, 0.2) is 0 Å². The summed E-state index contributed by atoms with van der Waals surface area (Å²) in [6.07, 6.45) is 0.410. The molecule has 17 heavy (non-hydrogen) atoms. The quantitative estimate of drug-likeness (QED) is 0.770. The Balaban J connectivity index is 2.34. The third kappa shape index (κ3) is 4.24. The minimum Gasteiger partial charge on any atom is -0.338 e. The summed E-state index contributed by atoms with van der Waals surface area (Å²) >= 11 is 0. The van der Waals surface area contributed by atoms with E-state index < -0.39 is 0 Å². The number of carbonyl (C=O) groups excluding carboxylic acids is 2. The second-order valence-electron chi connectivity index (χ2n) is 5.29. The van der Waals surface area contributed by atoms with Crippen molar-refractivity contribution in [2.45, 2.75) is 46.2 Å². The molecule has 2 N–H and O–H groups in total. The molecule has 0 radical (unpaired) electrons. The maximum atomic E-state index is 11.6. The molecule has 0 saturated carbocycles. The molecular formula is C12H23N3O2. The van der Waals surface area contributed by atoms with Gasteiger partial charge in [-0.1, -0.05) is 13.8 Å². The van der Waals surface area contributed by atoms with E-state index in [1.54, 1.807) is 4.90 Å². The summed E-state index contributed by atoms with van der Waals surface area (Å²) in [6, 6.07) is -0.0350. The van der Waals surface area contributed by atoms with Crippen molar-refractivity contribution in [3.05, 3.63) is 0 Å². The van der Waals surface area contributed by atoms with E-state index in [0.29, 0.717) is 25.4 Å². The Morgan fingerprint density at radius 3 is 2.53 bits per heavy atom. The number of urea groups is 1. The first-order chi connectivity index (χ1) is 7.90. The van der Waals surface area contributed by atoms with E-state index in [1.807, 2.05) is 27.7 Å². The fraction of sp³-hybridized carbons (Fsp3) is 0.833. The summed E-state index contributed by atoms with van der Waals surface area (Å²) in [5.41, 5.74) is 0. The Kier molecular flexibility index (Phi) is 4.78. The molecule has 0 aromatic carbocycles. The standard InChI is InChI=1S/C12H23N3O2/c1-8(2)6-13-12(17)14-10-5-11(16)15(7-10)9(3)4/h8-10H,5-7H2,1-4H3,(H2,13,14,17). The van der Waals surface area contributed by atoms with Crippen LogP contribution in [0.5, 0.6) is 0 Å². The lowest BCUT2D eigenvalue weighted by Gasteiger charge is -2.21. The Labute approximate surface area is 103 Å². The molecule has 1 aliphatic rings. The number of amides is 3. The van der Waals surface area contributed by atoms with Gasteiger partial charge in [-0.3, -0.25) is 4.79 Å². The maximum Gasteiger partial charge on any atom is 0.315 e. The number of hydrogen-bond donors (Lipinski definition) is 2. The van der Waals surface area contributed by atoms with E-state index in [4.69, 9.17) is 0 Å². The molecule has 5 heteroatoms. The molecule has 3 amide bonds. The van der Waals surface area contributed by atoms with E-state index in [-0.39, 0.29) is 24.0 Å². The smallest absolute Gasteiger partial charge is 0.315 e. The van der Waals surface area contributed by atoms with Crippen LogP contribution in [0.15, 0.2) is 0 Å². The van der Waals surface area contributed by atoms with Crippen LogP contribution >= 0.6 is 0 Å². The fourth-order valence-electron chi connectivity index (χ4n) is 1.86. The molecular weight excluding hydrogens is 218 g/mol. The summed E-state index contributed by atoms with van der Waals surface area (Å²) in [4.78, 5) is 25.0. The van der Waals surface area contributed by atoms with Crippen LogP contribution in [0.1, 0.15) is 34.1 Å². The van der Waals surface area contributed by atoms with Gasteiger partial charge in [0.05, 0.1) is 6.04 Å². The van der Waals surface area contributed by atoms with Crippen molar-refractivity contribution in [2.24, 2.45) is 5.92 Å². The summed E-state index contributed by atoms with van der Waals surface area (Å²) in [6.45, 7) is 9.32. The van der Waals surface area contributed by atoms with Gasteiger partial charge in [0.2, 0.25) is 5.91 Å². The van der Waals surface area contributed by atoms with Crippen molar-refractivity contribution in [3.8, 4) is 0 Å². The van der Waals surface area contributed by atoms with Gasteiger partial charge in [-0.15, -0.1) is 0 Å². The first-order valence-corrected chi connectivity index (χ1v) is 6.24. The zero-order valence-electron chi connectivity index (χ0n) is 11.1. The molecule has 1 fully saturated rings. The first kappa shape index (κ1) is 13.8. The largest absolute Gasteiger partial charge is 0.338 e. The average Bonchev–Trinajstić information content (AvgIpc) is 2.56. The molecule has 1 aliphatic heterocycles. The molecule has 0 bridgehead atoms. The summed E-state index contributed by atoms with van der Waals surface area (Å²) < 4.78 is 0. The molecule has 98 valence electrons. The highest BCUT2D eigenvalue weighted by atomic mass is 16.2. The van der Waals surface area contributed by atoms with Crippen LogP contribution in [-0.2, 0) is 4.79 Å². The minimum absolute atomic E-state index is 0.0583. The van der Waals surface area contributed by atoms with Crippen molar-refractivity contribution in [3.63, 3.8) is 0 Å². The van der Waals surface area contributed by atoms with Gasteiger partial charge in [0.25, 0.3) is 0 Å². The van der Waals surface area contributed by atoms with Crippen LogP contribution < -0.4 is 10.6 Å². The number of hydrogen-bond acceptors (Lipinski definition) is 2. The number of carbonyl (C=O) groups is 2. The third-order valence-corrected chi connectivity index (χ3v) is 2.79. The highest BCUT2D eigenvalue weighted by Gasteiger charge is 2.31. The normalized spacial score (nSPS) is 20.2. The van der Waals surface area contributed by atoms with E-state index in [1.165, 1.54) is 0 Å². The van der Waals surface area contributed by atoms with Crippen molar-refractivity contribution in [2.75, 3.05) is 13.1 Å². The van der Waals surface area contributed by atoms with Crippen LogP contribution in [0, 0.1) is 5.92 Å². The predicted molar refractivity (Wildman–Crippen MR) is 66.6 cm³/mol. The van der Waals surface area contributed by atoms with Crippen molar-refractivity contribution in [1.29, 1.82) is 0 Å². The van der Waals surface area contributed by atoms with Gasteiger partial charge in [0.1, 0.15) is 0 Å². The molecule has 1 saturated heterocycles. The maximum absolute atomic E-state index is 11.6. The van der Waals surface area contributed by atoms with Gasteiger partial charge < -0.3 is 15.5 Å². The van der Waals surface area contributed by atoms with Crippen molar-refractivity contribution < 1.29 is 9.59 Å². The average molecular weight is 241 g/mol. The second-order valence-corrected chi connectivity index (χ2v) is 5.29. The zero-order valence-corrected chi connectivity index (χ0v) is 11.1. The monoisotopic (exact) mass is 241 g/mol. The Bertz CT molecular complexity index is 289. The molecule has 0 aromatic heterocycles. The Morgan fingerprint density at radius 2 is 2.06 bits per heavy atom. The van der Waals surface area contributed by atoms with Crippen molar-refractivity contribution in [1.82, 2.24) is 15.5 Å². The Hall–Kier alpha value is -1.26. The molecule has 1 unspecified atom stereocenters. The summed E-state index contributed by atoms with van der Waals surface area (Å²) in [5, 5.41) is 5.62. The molecule has 1 atom stereocenters. The summed E-state index contributed by atoms with van der Waals surface area (Å²) in [5.74, 6) is 0.548. The van der Waals surface area contributed by atoms with Gasteiger partial charge in [-0.2, -0.15) is 0 Å².